The fourth-order valence-electron chi connectivity index (χ4n) is 1.32. The molecule has 0 saturated carbocycles. The second-order valence-electron chi connectivity index (χ2n) is 4.25. The smallest absolute Gasteiger partial charge is 0.370 e. The van der Waals surface area contributed by atoms with E-state index in [0.717, 1.165) is 11.5 Å². The lowest BCUT2D eigenvalue weighted by atomic mass is 10.6. The van der Waals surface area contributed by atoms with Gasteiger partial charge in [-0.3, -0.25) is 10.3 Å². The van der Waals surface area contributed by atoms with E-state index in [9.17, 15) is 13.2 Å². The molecule has 0 unspecified atom stereocenters. The molecule has 0 amide bonds. The molecule has 0 aromatic carbocycles. The molecule has 5 N–H and O–H groups in total. The number of hydrogen-bond donors (Lipinski definition) is 4. The molecule has 1 aromatic heterocycles. The molecule has 0 saturated heterocycles. The fourth-order valence-corrected chi connectivity index (χ4v) is 2.70. The zero-order valence-corrected chi connectivity index (χ0v) is 14.7. The van der Waals surface area contributed by atoms with Crippen molar-refractivity contribution >= 4 is 40.3 Å². The average Bonchev–Trinajstić information content (AvgIpc) is 2.98. The molecule has 138 valence electrons. The van der Waals surface area contributed by atoms with E-state index in [1.165, 1.54) is 11.8 Å². The van der Waals surface area contributed by atoms with Gasteiger partial charge in [0.1, 0.15) is 6.54 Å². The highest BCUT2D eigenvalue weighted by Crippen LogP contribution is 2.16. The number of nitrogens with zero attached hydrogens (tertiary/aromatic N) is 5. The highest BCUT2D eigenvalue weighted by Gasteiger charge is 2.26. The summed E-state index contributed by atoms with van der Waals surface area (Å²) in [7, 11) is 1.55. The van der Waals surface area contributed by atoms with E-state index in [0.29, 0.717) is 29.8 Å². The maximum Gasteiger partial charge on any atom is 0.408 e. The van der Waals surface area contributed by atoms with Crippen molar-refractivity contribution in [2.45, 2.75) is 11.9 Å². The highest BCUT2D eigenvalue weighted by molar-refractivity contribution is 7.98. The first-order valence-electron chi connectivity index (χ1n) is 6.74. The first kappa shape index (κ1) is 20.8. The number of guanidine groups is 2. The summed E-state index contributed by atoms with van der Waals surface area (Å²) < 4.78 is 40.1. The quantitative estimate of drug-likeness (QED) is 0.174. The van der Waals surface area contributed by atoms with Crippen molar-refractivity contribution in [3.63, 3.8) is 0 Å². The van der Waals surface area contributed by atoms with Gasteiger partial charge in [-0.1, -0.05) is 0 Å². The van der Waals surface area contributed by atoms with Crippen LogP contribution < -0.4 is 21.7 Å². The Bertz CT molecular complexity index is 635. The lowest BCUT2D eigenvalue weighted by Crippen LogP contribution is -2.35. The Labute approximate surface area is 150 Å². The maximum atomic E-state index is 12.0. The normalized spacial score (nSPS) is 12.6. The van der Waals surface area contributed by atoms with E-state index in [1.54, 1.807) is 13.2 Å². The summed E-state index contributed by atoms with van der Waals surface area (Å²) in [4.78, 5) is 11.1. The number of nitriles is 1. The van der Waals surface area contributed by atoms with Crippen LogP contribution in [0.25, 0.3) is 0 Å². The van der Waals surface area contributed by atoms with Gasteiger partial charge < -0.3 is 16.4 Å². The maximum absolute atomic E-state index is 12.0. The molecule has 0 aliphatic rings. The fraction of sp³-hybridized carbons (Fsp3) is 0.545. The summed E-state index contributed by atoms with van der Waals surface area (Å²) in [5, 5.41) is 16.5. The van der Waals surface area contributed by atoms with Crippen LogP contribution in [-0.4, -0.2) is 53.3 Å². The van der Waals surface area contributed by atoms with Crippen molar-refractivity contribution in [1.82, 2.24) is 20.0 Å². The average molecular weight is 395 g/mol. The third-order valence-electron chi connectivity index (χ3n) is 2.30. The molecule has 1 aromatic rings. The summed E-state index contributed by atoms with van der Waals surface area (Å²) in [5.41, 5.74) is 5.35. The van der Waals surface area contributed by atoms with Gasteiger partial charge in [0, 0.05) is 30.9 Å². The van der Waals surface area contributed by atoms with E-state index >= 15 is 0 Å². The van der Waals surface area contributed by atoms with E-state index < -0.39 is 12.7 Å². The number of nitrogens with one attached hydrogen (secondary N) is 3. The molecule has 0 aliphatic carbocycles. The van der Waals surface area contributed by atoms with Crippen LogP contribution in [0.5, 0.6) is 0 Å². The van der Waals surface area contributed by atoms with Gasteiger partial charge >= 0.3 is 6.18 Å². The summed E-state index contributed by atoms with van der Waals surface area (Å²) in [6.07, 6.45) is -2.65. The highest BCUT2D eigenvalue weighted by atomic mass is 32.2. The van der Waals surface area contributed by atoms with Gasteiger partial charge in [-0.05, 0) is 0 Å². The molecule has 14 heteroatoms. The lowest BCUT2D eigenvalue weighted by Gasteiger charge is -2.05. The molecular weight excluding hydrogens is 379 g/mol. The van der Waals surface area contributed by atoms with Crippen molar-refractivity contribution in [2.24, 2.45) is 15.7 Å². The zero-order valence-electron chi connectivity index (χ0n) is 13.1. The van der Waals surface area contributed by atoms with Crippen molar-refractivity contribution < 1.29 is 13.2 Å². The number of aliphatic imine (C=N–C) groups is 2. The van der Waals surface area contributed by atoms with E-state index in [-0.39, 0.29) is 11.1 Å². The number of rotatable bonds is 7. The molecule has 0 atom stereocenters. The zero-order chi connectivity index (χ0) is 18.7. The third-order valence-corrected chi connectivity index (χ3v) is 3.92. The van der Waals surface area contributed by atoms with Crippen molar-refractivity contribution in [2.75, 3.05) is 31.2 Å². The Hall–Kier alpha value is -2.27. The third kappa shape index (κ3) is 9.57. The number of alkyl halides is 3. The van der Waals surface area contributed by atoms with Gasteiger partial charge in [-0.15, -0.1) is 0 Å². The number of anilines is 1. The van der Waals surface area contributed by atoms with E-state index in [2.05, 4.69) is 35.3 Å². The molecule has 0 aliphatic heterocycles. The number of thioether (sulfide) groups is 1. The van der Waals surface area contributed by atoms with E-state index in [1.807, 2.05) is 0 Å². The second-order valence-corrected chi connectivity index (χ2v) is 6.10. The van der Waals surface area contributed by atoms with Gasteiger partial charge in [0.15, 0.2) is 18.0 Å². The first-order chi connectivity index (χ1) is 11.8. The summed E-state index contributed by atoms with van der Waals surface area (Å²) in [6.45, 7) is -0.775. The SMILES string of the molecule is CN=C(NC#N)NCCSCc1nsc(NC(N)=NCC(F)(F)F)n1. The minimum Gasteiger partial charge on any atom is -0.370 e. The Morgan fingerprint density at radius 2 is 2.24 bits per heavy atom. The Kier molecular flexibility index (Phi) is 8.78. The Balaban J connectivity index is 2.31. The molecule has 25 heavy (non-hydrogen) atoms. The first-order valence-corrected chi connectivity index (χ1v) is 8.66. The number of nitrogens with two attached hydrogens (primary N) is 1. The predicted octanol–water partition coefficient (Wildman–Crippen LogP) is 0.706. The molecule has 0 bridgehead atoms. The number of halogens is 3. The van der Waals surface area contributed by atoms with Crippen LogP contribution >= 0.6 is 23.3 Å². The van der Waals surface area contributed by atoms with Crippen molar-refractivity contribution in [3.8, 4) is 6.19 Å². The molecule has 1 rings (SSSR count). The Morgan fingerprint density at radius 1 is 1.48 bits per heavy atom. The van der Waals surface area contributed by atoms with Crippen LogP contribution in [0.15, 0.2) is 9.98 Å². The monoisotopic (exact) mass is 395 g/mol. The van der Waals surface area contributed by atoms with Crippen molar-refractivity contribution in [3.05, 3.63) is 5.82 Å². The van der Waals surface area contributed by atoms with Crippen LogP contribution in [-0.2, 0) is 5.75 Å². The summed E-state index contributed by atoms with van der Waals surface area (Å²) in [6, 6.07) is 0. The van der Waals surface area contributed by atoms with Crippen LogP contribution in [0.4, 0.5) is 18.3 Å². The number of hydrogen-bond acceptors (Lipinski definition) is 7. The minimum atomic E-state index is -4.41. The summed E-state index contributed by atoms with van der Waals surface area (Å²) >= 11 is 2.52. The minimum absolute atomic E-state index is 0.274. The molecule has 0 fully saturated rings. The van der Waals surface area contributed by atoms with Crippen molar-refractivity contribution in [1.29, 1.82) is 5.26 Å². The van der Waals surface area contributed by atoms with Gasteiger partial charge in [-0.2, -0.15) is 34.6 Å². The van der Waals surface area contributed by atoms with Crippen LogP contribution in [0.3, 0.4) is 0 Å². The standard InChI is InChI=1S/C11H16F3N9S2/c1-17-9(20-6-15)18-2-3-24-4-7-21-10(25-23-7)22-8(16)19-5-11(12,13)14/h2-5H2,1H3,(H2,17,18,20)(H3,16,19,21,22,23). The van der Waals surface area contributed by atoms with Gasteiger partial charge in [0.05, 0.1) is 5.75 Å². The molecule has 9 nitrogen and oxygen atoms in total. The second kappa shape index (κ2) is 10.6. The van der Waals surface area contributed by atoms with Gasteiger partial charge in [0.25, 0.3) is 0 Å². The van der Waals surface area contributed by atoms with Gasteiger partial charge in [0.2, 0.25) is 11.1 Å². The predicted molar refractivity (Wildman–Crippen MR) is 92.3 cm³/mol. The topological polar surface area (TPSA) is 136 Å². The molecular formula is C11H16F3N9S2. The molecule has 1 heterocycles. The number of aromatic nitrogens is 2. The molecule has 0 radical (unpaired) electrons. The van der Waals surface area contributed by atoms with E-state index in [4.69, 9.17) is 11.0 Å². The van der Waals surface area contributed by atoms with Crippen LogP contribution in [0.1, 0.15) is 5.82 Å². The Morgan fingerprint density at radius 3 is 2.88 bits per heavy atom. The van der Waals surface area contributed by atoms with Gasteiger partial charge in [-0.25, -0.2) is 9.98 Å². The largest absolute Gasteiger partial charge is 0.408 e. The molecule has 0 spiro atoms. The lowest BCUT2D eigenvalue weighted by molar-refractivity contribution is -0.118. The van der Waals surface area contributed by atoms with Crippen LogP contribution in [0.2, 0.25) is 0 Å². The summed E-state index contributed by atoms with van der Waals surface area (Å²) in [5.74, 6) is 1.77. The van der Waals surface area contributed by atoms with Crippen LogP contribution in [0, 0.1) is 11.5 Å².